The van der Waals surface area contributed by atoms with Crippen molar-refractivity contribution in [3.05, 3.63) is 29.8 Å². The fraction of sp³-hybridized carbons (Fsp3) is 0.529. The van der Waals surface area contributed by atoms with Gasteiger partial charge in [-0.25, -0.2) is 4.79 Å². The Labute approximate surface area is 137 Å². The van der Waals surface area contributed by atoms with Crippen molar-refractivity contribution in [3.8, 4) is 5.75 Å². The van der Waals surface area contributed by atoms with Gasteiger partial charge in [-0.15, -0.1) is 0 Å². The number of carbonyl (C=O) groups excluding carboxylic acids is 2. The molecule has 0 atom stereocenters. The van der Waals surface area contributed by atoms with Crippen LogP contribution in [0.5, 0.6) is 5.75 Å². The van der Waals surface area contributed by atoms with Crippen LogP contribution in [0.25, 0.3) is 0 Å². The molecule has 0 aromatic heterocycles. The Kier molecular flexibility index (Phi) is 5.13. The lowest BCUT2D eigenvalue weighted by Gasteiger charge is -2.36. The summed E-state index contributed by atoms with van der Waals surface area (Å²) in [5.74, 6) is 0.638. The monoisotopic (exact) mass is 319 g/mol. The number of ether oxygens (including phenoxy) is 1. The number of methoxy groups -OCH3 is 1. The van der Waals surface area contributed by atoms with E-state index in [9.17, 15) is 9.59 Å². The largest absolute Gasteiger partial charge is 0.497 e. The molecular weight excluding hydrogens is 294 g/mol. The molecule has 0 saturated carbocycles. The summed E-state index contributed by atoms with van der Waals surface area (Å²) in [6.07, 6.45) is 0. The molecule has 1 N–H and O–H groups in total. The summed E-state index contributed by atoms with van der Waals surface area (Å²) in [5.41, 5.74) is 0.349. The maximum Gasteiger partial charge on any atom is 0.317 e. The van der Waals surface area contributed by atoms with Gasteiger partial charge in [0.05, 0.1) is 7.11 Å². The van der Waals surface area contributed by atoms with E-state index in [2.05, 4.69) is 5.32 Å². The molecule has 1 aromatic carbocycles. The van der Waals surface area contributed by atoms with Crippen molar-refractivity contribution in [3.63, 3.8) is 0 Å². The summed E-state index contributed by atoms with van der Waals surface area (Å²) >= 11 is 0. The van der Waals surface area contributed by atoms with E-state index in [0.29, 0.717) is 37.5 Å². The number of nitrogens with zero attached hydrogens (tertiary/aromatic N) is 2. The first-order valence-electron chi connectivity index (χ1n) is 7.80. The molecule has 0 aliphatic carbocycles. The number of amides is 3. The molecule has 6 heteroatoms. The summed E-state index contributed by atoms with van der Waals surface area (Å²) in [6.45, 7) is 8.00. The summed E-state index contributed by atoms with van der Waals surface area (Å²) in [7, 11) is 1.58. The highest BCUT2D eigenvalue weighted by Crippen LogP contribution is 2.15. The summed E-state index contributed by atoms with van der Waals surface area (Å²) < 4.78 is 5.16. The van der Waals surface area contributed by atoms with E-state index in [1.54, 1.807) is 35.1 Å². The molecule has 1 fully saturated rings. The minimum absolute atomic E-state index is 0.0280. The van der Waals surface area contributed by atoms with Crippen molar-refractivity contribution in [1.82, 2.24) is 15.1 Å². The molecule has 1 aromatic rings. The van der Waals surface area contributed by atoms with E-state index < -0.39 is 0 Å². The van der Waals surface area contributed by atoms with Crippen LogP contribution in [0.1, 0.15) is 31.1 Å². The average molecular weight is 319 g/mol. The molecule has 3 amide bonds. The number of nitrogens with one attached hydrogen (secondary N) is 1. The van der Waals surface area contributed by atoms with E-state index in [1.165, 1.54) is 0 Å². The van der Waals surface area contributed by atoms with Gasteiger partial charge < -0.3 is 19.9 Å². The van der Waals surface area contributed by atoms with E-state index in [-0.39, 0.29) is 17.5 Å². The van der Waals surface area contributed by atoms with Gasteiger partial charge in [-0.3, -0.25) is 4.79 Å². The lowest BCUT2D eigenvalue weighted by Crippen LogP contribution is -2.56. The third kappa shape index (κ3) is 4.61. The SMILES string of the molecule is COc1cccc(C(=O)N2CCN(C(=O)NC(C)(C)C)CC2)c1. The van der Waals surface area contributed by atoms with Gasteiger partial charge >= 0.3 is 6.03 Å². The van der Waals surface area contributed by atoms with Gasteiger partial charge in [0.2, 0.25) is 0 Å². The summed E-state index contributed by atoms with van der Waals surface area (Å²) in [4.78, 5) is 28.2. The number of rotatable bonds is 2. The second kappa shape index (κ2) is 6.89. The van der Waals surface area contributed by atoms with Crippen molar-refractivity contribution < 1.29 is 14.3 Å². The van der Waals surface area contributed by atoms with Gasteiger partial charge in [-0.05, 0) is 39.0 Å². The molecule has 0 unspecified atom stereocenters. The maximum absolute atomic E-state index is 12.5. The van der Waals surface area contributed by atoms with Crippen LogP contribution in [0, 0.1) is 0 Å². The molecule has 0 spiro atoms. The summed E-state index contributed by atoms with van der Waals surface area (Å²) in [6, 6.07) is 7.06. The van der Waals surface area contributed by atoms with E-state index >= 15 is 0 Å². The maximum atomic E-state index is 12.5. The second-order valence-electron chi connectivity index (χ2n) is 6.69. The molecule has 0 bridgehead atoms. The highest BCUT2D eigenvalue weighted by atomic mass is 16.5. The molecule has 23 heavy (non-hydrogen) atoms. The lowest BCUT2D eigenvalue weighted by atomic mass is 10.1. The number of hydrogen-bond acceptors (Lipinski definition) is 3. The summed E-state index contributed by atoms with van der Waals surface area (Å²) in [5, 5.41) is 2.95. The van der Waals surface area contributed by atoms with Crippen LogP contribution >= 0.6 is 0 Å². The zero-order chi connectivity index (χ0) is 17.0. The van der Waals surface area contributed by atoms with Gasteiger partial charge in [0.1, 0.15) is 5.75 Å². The zero-order valence-corrected chi connectivity index (χ0v) is 14.3. The Bertz CT molecular complexity index is 573. The average Bonchev–Trinajstić information content (AvgIpc) is 2.53. The standard InChI is InChI=1S/C17H25N3O3/c1-17(2,3)18-16(22)20-10-8-19(9-11-20)15(21)13-6-5-7-14(12-13)23-4/h5-7,12H,8-11H2,1-4H3,(H,18,22). The molecule has 126 valence electrons. The molecule has 1 saturated heterocycles. The van der Waals surface area contributed by atoms with Crippen LogP contribution in [0.2, 0.25) is 0 Å². The fourth-order valence-corrected chi connectivity index (χ4v) is 2.45. The van der Waals surface area contributed by atoms with Crippen LogP contribution in [-0.4, -0.2) is 60.6 Å². The molecular formula is C17H25N3O3. The Hall–Kier alpha value is -2.24. The fourth-order valence-electron chi connectivity index (χ4n) is 2.45. The lowest BCUT2D eigenvalue weighted by molar-refractivity contribution is 0.0661. The van der Waals surface area contributed by atoms with Crippen molar-refractivity contribution in [2.45, 2.75) is 26.3 Å². The van der Waals surface area contributed by atoms with Crippen molar-refractivity contribution >= 4 is 11.9 Å². The van der Waals surface area contributed by atoms with E-state index in [4.69, 9.17) is 4.74 Å². The quantitative estimate of drug-likeness (QED) is 0.906. The first kappa shape index (κ1) is 17.1. The number of benzene rings is 1. The van der Waals surface area contributed by atoms with Crippen LogP contribution in [-0.2, 0) is 0 Å². The Balaban J connectivity index is 1.93. The molecule has 6 nitrogen and oxygen atoms in total. The third-order valence-corrected chi connectivity index (χ3v) is 3.65. The van der Waals surface area contributed by atoms with E-state index in [0.717, 1.165) is 0 Å². The van der Waals surface area contributed by atoms with E-state index in [1.807, 2.05) is 26.8 Å². The third-order valence-electron chi connectivity index (χ3n) is 3.65. The minimum Gasteiger partial charge on any atom is -0.497 e. The van der Waals surface area contributed by atoms with Crippen molar-refractivity contribution in [1.29, 1.82) is 0 Å². The van der Waals surface area contributed by atoms with Crippen molar-refractivity contribution in [2.75, 3.05) is 33.3 Å². The topological polar surface area (TPSA) is 61.9 Å². The highest BCUT2D eigenvalue weighted by Gasteiger charge is 2.26. The molecule has 0 radical (unpaired) electrons. The van der Waals surface area contributed by atoms with Gasteiger partial charge in [-0.2, -0.15) is 0 Å². The molecule has 1 aliphatic heterocycles. The van der Waals surface area contributed by atoms with Crippen LogP contribution in [0.3, 0.4) is 0 Å². The Morgan fingerprint density at radius 3 is 2.26 bits per heavy atom. The number of hydrogen-bond donors (Lipinski definition) is 1. The van der Waals surface area contributed by atoms with Gasteiger partial charge in [0, 0.05) is 37.3 Å². The van der Waals surface area contributed by atoms with Crippen LogP contribution < -0.4 is 10.1 Å². The molecule has 1 aliphatic rings. The van der Waals surface area contributed by atoms with Gasteiger partial charge in [0.25, 0.3) is 5.91 Å². The number of urea groups is 1. The normalized spacial score (nSPS) is 15.3. The predicted octanol–water partition coefficient (Wildman–Crippen LogP) is 1.96. The van der Waals surface area contributed by atoms with Crippen LogP contribution in [0.4, 0.5) is 4.79 Å². The van der Waals surface area contributed by atoms with Gasteiger partial charge in [-0.1, -0.05) is 6.07 Å². The Morgan fingerprint density at radius 2 is 1.70 bits per heavy atom. The smallest absolute Gasteiger partial charge is 0.317 e. The van der Waals surface area contributed by atoms with Crippen molar-refractivity contribution in [2.24, 2.45) is 0 Å². The van der Waals surface area contributed by atoms with Crippen LogP contribution in [0.15, 0.2) is 24.3 Å². The number of piperazine rings is 1. The minimum atomic E-state index is -0.259. The Morgan fingerprint density at radius 1 is 1.09 bits per heavy atom. The predicted molar refractivity (Wildman–Crippen MR) is 88.8 cm³/mol. The molecule has 1 heterocycles. The molecule has 2 rings (SSSR count). The first-order valence-corrected chi connectivity index (χ1v) is 7.80. The zero-order valence-electron chi connectivity index (χ0n) is 14.3. The highest BCUT2D eigenvalue weighted by molar-refractivity contribution is 5.94. The van der Waals surface area contributed by atoms with Gasteiger partial charge in [0.15, 0.2) is 0 Å². The second-order valence-corrected chi connectivity index (χ2v) is 6.69. The first-order chi connectivity index (χ1) is 10.8. The number of carbonyl (C=O) groups is 2.